The van der Waals surface area contributed by atoms with E-state index in [9.17, 15) is 4.79 Å². The molecule has 1 unspecified atom stereocenters. The van der Waals surface area contributed by atoms with E-state index in [0.717, 1.165) is 25.0 Å². The summed E-state index contributed by atoms with van der Waals surface area (Å²) >= 11 is 1.94. The average Bonchev–Trinajstić information content (AvgIpc) is 2.87. The zero-order chi connectivity index (χ0) is 11.6. The molecule has 1 atom stereocenters. The Morgan fingerprint density at radius 3 is 2.75 bits per heavy atom. The summed E-state index contributed by atoms with van der Waals surface area (Å²) in [6.07, 6.45) is 6.10. The monoisotopic (exact) mass is 242 g/mol. The Kier molecular flexibility index (Phi) is 3.80. The van der Waals surface area contributed by atoms with Gasteiger partial charge in [-0.15, -0.1) is 0 Å². The van der Waals surface area contributed by atoms with Crippen molar-refractivity contribution < 1.29 is 4.79 Å². The number of hydrogen-bond donors (Lipinski definition) is 1. The number of nitrogens with two attached hydrogens (primary N) is 1. The first-order valence-electron chi connectivity index (χ1n) is 6.23. The van der Waals surface area contributed by atoms with Gasteiger partial charge in [0.2, 0.25) is 5.91 Å². The van der Waals surface area contributed by atoms with Crippen LogP contribution in [0.15, 0.2) is 0 Å². The minimum Gasteiger partial charge on any atom is -0.342 e. The maximum absolute atomic E-state index is 12.1. The van der Waals surface area contributed by atoms with Crippen LogP contribution in [0.3, 0.4) is 0 Å². The van der Waals surface area contributed by atoms with E-state index in [-0.39, 0.29) is 11.4 Å². The minimum atomic E-state index is -0.197. The van der Waals surface area contributed by atoms with Crippen LogP contribution in [-0.2, 0) is 4.79 Å². The Morgan fingerprint density at radius 2 is 2.19 bits per heavy atom. The quantitative estimate of drug-likeness (QED) is 0.818. The zero-order valence-corrected chi connectivity index (χ0v) is 10.9. The lowest BCUT2D eigenvalue weighted by Crippen LogP contribution is -2.45. The first-order valence-corrected chi connectivity index (χ1v) is 7.38. The van der Waals surface area contributed by atoms with Gasteiger partial charge in [-0.3, -0.25) is 4.79 Å². The van der Waals surface area contributed by atoms with Crippen molar-refractivity contribution in [1.29, 1.82) is 0 Å². The molecule has 1 aliphatic carbocycles. The SMILES string of the molecule is CN(C(=O)CC1(N)CCCC1)C1CCSC1. The van der Waals surface area contributed by atoms with Crippen LogP contribution < -0.4 is 5.73 Å². The highest BCUT2D eigenvalue weighted by atomic mass is 32.2. The summed E-state index contributed by atoms with van der Waals surface area (Å²) in [4.78, 5) is 14.1. The maximum atomic E-state index is 12.1. The van der Waals surface area contributed by atoms with Gasteiger partial charge in [0.05, 0.1) is 0 Å². The zero-order valence-electron chi connectivity index (χ0n) is 10.1. The standard InChI is InChI=1S/C12H22N2OS/c1-14(10-4-7-16-9-10)11(15)8-12(13)5-2-3-6-12/h10H,2-9,13H2,1H3. The summed E-state index contributed by atoms with van der Waals surface area (Å²) in [7, 11) is 1.94. The van der Waals surface area contributed by atoms with Gasteiger partial charge < -0.3 is 10.6 Å². The highest BCUT2D eigenvalue weighted by Gasteiger charge is 2.34. The molecule has 1 amide bonds. The van der Waals surface area contributed by atoms with E-state index in [4.69, 9.17) is 5.73 Å². The maximum Gasteiger partial charge on any atom is 0.224 e. The van der Waals surface area contributed by atoms with Crippen LogP contribution in [0.2, 0.25) is 0 Å². The fraction of sp³-hybridized carbons (Fsp3) is 0.917. The smallest absolute Gasteiger partial charge is 0.224 e. The van der Waals surface area contributed by atoms with E-state index in [1.807, 2.05) is 23.7 Å². The topological polar surface area (TPSA) is 46.3 Å². The third kappa shape index (κ3) is 2.72. The van der Waals surface area contributed by atoms with E-state index in [0.29, 0.717) is 12.5 Å². The van der Waals surface area contributed by atoms with Crippen molar-refractivity contribution in [2.45, 2.75) is 50.1 Å². The van der Waals surface area contributed by atoms with Crippen molar-refractivity contribution in [1.82, 2.24) is 4.90 Å². The Hall–Kier alpha value is -0.220. The Morgan fingerprint density at radius 1 is 1.50 bits per heavy atom. The van der Waals surface area contributed by atoms with E-state index >= 15 is 0 Å². The molecule has 0 aromatic rings. The summed E-state index contributed by atoms with van der Waals surface area (Å²) in [6.45, 7) is 0. The van der Waals surface area contributed by atoms with Gasteiger partial charge >= 0.3 is 0 Å². The summed E-state index contributed by atoms with van der Waals surface area (Å²) in [5.74, 6) is 2.53. The Labute approximate surface area is 102 Å². The van der Waals surface area contributed by atoms with Crippen molar-refractivity contribution in [3.63, 3.8) is 0 Å². The highest BCUT2D eigenvalue weighted by molar-refractivity contribution is 7.99. The molecular weight excluding hydrogens is 220 g/mol. The second-order valence-electron chi connectivity index (χ2n) is 5.27. The molecule has 2 N–H and O–H groups in total. The molecular formula is C12H22N2OS. The van der Waals surface area contributed by atoms with E-state index < -0.39 is 0 Å². The number of carbonyl (C=O) groups is 1. The Balaban J connectivity index is 1.86. The van der Waals surface area contributed by atoms with E-state index in [1.54, 1.807) is 0 Å². The van der Waals surface area contributed by atoms with Gasteiger partial charge in [0.1, 0.15) is 0 Å². The molecule has 0 spiro atoms. The highest BCUT2D eigenvalue weighted by Crippen LogP contribution is 2.31. The van der Waals surface area contributed by atoms with Gasteiger partial charge in [0, 0.05) is 30.8 Å². The fourth-order valence-corrected chi connectivity index (χ4v) is 3.98. The van der Waals surface area contributed by atoms with Crippen molar-refractivity contribution >= 4 is 17.7 Å². The lowest BCUT2D eigenvalue weighted by atomic mass is 9.94. The first kappa shape index (κ1) is 12.2. The van der Waals surface area contributed by atoms with Crippen LogP contribution >= 0.6 is 11.8 Å². The number of nitrogens with zero attached hydrogens (tertiary/aromatic N) is 1. The predicted molar refractivity (Wildman–Crippen MR) is 68.5 cm³/mol. The predicted octanol–water partition coefficient (Wildman–Crippen LogP) is 1.61. The van der Waals surface area contributed by atoms with Crippen LogP contribution in [0.1, 0.15) is 38.5 Å². The fourth-order valence-electron chi connectivity index (χ4n) is 2.71. The molecule has 0 aromatic carbocycles. The third-order valence-electron chi connectivity index (χ3n) is 3.95. The van der Waals surface area contributed by atoms with Gasteiger partial charge in [0.25, 0.3) is 0 Å². The van der Waals surface area contributed by atoms with Crippen LogP contribution in [0.25, 0.3) is 0 Å². The molecule has 1 aliphatic heterocycles. The molecule has 3 nitrogen and oxygen atoms in total. The van der Waals surface area contributed by atoms with Gasteiger partial charge in [-0.25, -0.2) is 0 Å². The second kappa shape index (κ2) is 4.96. The van der Waals surface area contributed by atoms with Gasteiger partial charge in [-0.1, -0.05) is 12.8 Å². The molecule has 0 radical (unpaired) electrons. The van der Waals surface area contributed by atoms with Crippen LogP contribution in [0.4, 0.5) is 0 Å². The van der Waals surface area contributed by atoms with Crippen LogP contribution in [-0.4, -0.2) is 40.9 Å². The second-order valence-corrected chi connectivity index (χ2v) is 6.42. The lowest BCUT2D eigenvalue weighted by Gasteiger charge is -2.29. The molecule has 1 heterocycles. The molecule has 2 fully saturated rings. The minimum absolute atomic E-state index is 0.197. The average molecular weight is 242 g/mol. The molecule has 16 heavy (non-hydrogen) atoms. The van der Waals surface area contributed by atoms with Crippen molar-refractivity contribution in [2.24, 2.45) is 5.73 Å². The summed E-state index contributed by atoms with van der Waals surface area (Å²) in [5, 5.41) is 0. The van der Waals surface area contributed by atoms with Gasteiger partial charge in [0.15, 0.2) is 0 Å². The molecule has 1 saturated carbocycles. The largest absolute Gasteiger partial charge is 0.342 e. The molecule has 4 heteroatoms. The molecule has 0 aromatic heterocycles. The molecule has 2 aliphatic rings. The number of rotatable bonds is 3. The van der Waals surface area contributed by atoms with E-state index in [1.165, 1.54) is 18.6 Å². The van der Waals surface area contributed by atoms with Crippen molar-refractivity contribution in [3.05, 3.63) is 0 Å². The molecule has 92 valence electrons. The van der Waals surface area contributed by atoms with Crippen LogP contribution in [0, 0.1) is 0 Å². The number of thioether (sulfide) groups is 1. The molecule has 2 rings (SSSR count). The summed E-state index contributed by atoms with van der Waals surface area (Å²) < 4.78 is 0. The van der Waals surface area contributed by atoms with E-state index in [2.05, 4.69) is 0 Å². The first-order chi connectivity index (χ1) is 7.61. The number of hydrogen-bond acceptors (Lipinski definition) is 3. The van der Waals surface area contributed by atoms with Gasteiger partial charge in [-0.05, 0) is 25.0 Å². The normalized spacial score (nSPS) is 28.2. The van der Waals surface area contributed by atoms with Crippen molar-refractivity contribution in [2.75, 3.05) is 18.6 Å². The number of carbonyl (C=O) groups excluding carboxylic acids is 1. The Bertz CT molecular complexity index is 258. The molecule has 1 saturated heterocycles. The summed E-state index contributed by atoms with van der Waals surface area (Å²) in [5.41, 5.74) is 6.05. The molecule has 0 bridgehead atoms. The van der Waals surface area contributed by atoms with Crippen LogP contribution in [0.5, 0.6) is 0 Å². The van der Waals surface area contributed by atoms with Gasteiger partial charge in [-0.2, -0.15) is 11.8 Å². The van der Waals surface area contributed by atoms with Crippen molar-refractivity contribution in [3.8, 4) is 0 Å². The third-order valence-corrected chi connectivity index (χ3v) is 5.09. The summed E-state index contributed by atoms with van der Waals surface area (Å²) in [6, 6.07) is 0.447. The number of amides is 1. The lowest BCUT2D eigenvalue weighted by molar-refractivity contribution is -0.132.